The third-order valence-corrected chi connectivity index (χ3v) is 1.82. The Kier molecular flexibility index (Phi) is 4.24. The summed E-state index contributed by atoms with van der Waals surface area (Å²) >= 11 is 0. The highest BCUT2D eigenvalue weighted by Crippen LogP contribution is 2.13. The van der Waals surface area contributed by atoms with E-state index < -0.39 is 5.97 Å². The maximum Gasteiger partial charge on any atom is 0.335 e. The molecule has 1 N–H and O–H groups in total. The highest BCUT2D eigenvalue weighted by atomic mass is 16.5. The Morgan fingerprint density at radius 2 is 2.33 bits per heavy atom. The topological polar surface area (TPSA) is 46.5 Å². The first kappa shape index (κ1) is 11.1. The van der Waals surface area contributed by atoms with Crippen molar-refractivity contribution in [3.63, 3.8) is 0 Å². The monoisotopic (exact) mass is 204 g/mol. The molecule has 0 fully saturated rings. The third kappa shape index (κ3) is 3.74. The molecular formula is C12H12O3. The summed E-state index contributed by atoms with van der Waals surface area (Å²) in [6.07, 6.45) is 6.53. The Balaban J connectivity index is 2.51. The SMILES string of the molecule is C#CCCCOc1cccc(C(=O)O)c1. The first-order valence-corrected chi connectivity index (χ1v) is 4.63. The van der Waals surface area contributed by atoms with Crippen LogP contribution in [0.1, 0.15) is 23.2 Å². The molecule has 15 heavy (non-hydrogen) atoms. The molecule has 3 nitrogen and oxygen atoms in total. The Labute approximate surface area is 88.7 Å². The molecule has 1 aromatic rings. The van der Waals surface area contributed by atoms with Gasteiger partial charge in [-0.15, -0.1) is 12.3 Å². The van der Waals surface area contributed by atoms with E-state index in [4.69, 9.17) is 16.3 Å². The van der Waals surface area contributed by atoms with Crippen molar-refractivity contribution < 1.29 is 14.6 Å². The molecule has 0 aliphatic heterocycles. The van der Waals surface area contributed by atoms with Crippen LogP contribution in [0.5, 0.6) is 5.75 Å². The Bertz CT molecular complexity index is 377. The van der Waals surface area contributed by atoms with E-state index in [9.17, 15) is 4.79 Å². The minimum absolute atomic E-state index is 0.226. The smallest absolute Gasteiger partial charge is 0.335 e. The Hall–Kier alpha value is -1.95. The van der Waals surface area contributed by atoms with Crippen LogP contribution in [0.15, 0.2) is 24.3 Å². The molecule has 0 aliphatic rings. The number of hydrogen-bond acceptors (Lipinski definition) is 2. The highest BCUT2D eigenvalue weighted by molar-refractivity contribution is 5.87. The van der Waals surface area contributed by atoms with E-state index in [1.807, 2.05) is 0 Å². The van der Waals surface area contributed by atoms with Crippen molar-refractivity contribution in [2.24, 2.45) is 0 Å². The lowest BCUT2D eigenvalue weighted by Crippen LogP contribution is -1.99. The number of rotatable bonds is 5. The summed E-state index contributed by atoms with van der Waals surface area (Å²) in [5.74, 6) is 2.12. The van der Waals surface area contributed by atoms with Gasteiger partial charge < -0.3 is 9.84 Å². The maximum absolute atomic E-state index is 10.6. The van der Waals surface area contributed by atoms with Crippen LogP contribution in [0.4, 0.5) is 0 Å². The highest BCUT2D eigenvalue weighted by Gasteiger charge is 2.03. The van der Waals surface area contributed by atoms with E-state index in [2.05, 4.69) is 5.92 Å². The molecule has 0 bridgehead atoms. The zero-order chi connectivity index (χ0) is 11.1. The van der Waals surface area contributed by atoms with Gasteiger partial charge in [0, 0.05) is 6.42 Å². The summed E-state index contributed by atoms with van der Waals surface area (Å²) in [7, 11) is 0. The molecule has 1 rings (SSSR count). The summed E-state index contributed by atoms with van der Waals surface area (Å²) in [6, 6.07) is 6.40. The first-order chi connectivity index (χ1) is 7.24. The average Bonchev–Trinajstić information content (AvgIpc) is 2.25. The molecule has 3 heteroatoms. The van der Waals surface area contributed by atoms with Crippen LogP contribution in [-0.2, 0) is 0 Å². The van der Waals surface area contributed by atoms with Gasteiger partial charge in [-0.1, -0.05) is 6.07 Å². The van der Waals surface area contributed by atoms with Gasteiger partial charge >= 0.3 is 5.97 Å². The summed E-state index contributed by atoms with van der Waals surface area (Å²) < 4.78 is 5.34. The minimum Gasteiger partial charge on any atom is -0.494 e. The fourth-order valence-corrected chi connectivity index (χ4v) is 1.08. The number of aromatic carboxylic acids is 1. The van der Waals surface area contributed by atoms with Crippen molar-refractivity contribution in [2.75, 3.05) is 6.61 Å². The molecular weight excluding hydrogens is 192 g/mol. The standard InChI is InChI=1S/C12H12O3/c1-2-3-4-8-15-11-7-5-6-10(9-11)12(13)14/h1,5-7,9H,3-4,8H2,(H,13,14). The average molecular weight is 204 g/mol. The van der Waals surface area contributed by atoms with E-state index >= 15 is 0 Å². The molecule has 0 heterocycles. The van der Waals surface area contributed by atoms with Crippen LogP contribution in [0.3, 0.4) is 0 Å². The number of carbonyl (C=O) groups is 1. The van der Waals surface area contributed by atoms with Crippen LogP contribution >= 0.6 is 0 Å². The molecule has 0 unspecified atom stereocenters. The van der Waals surface area contributed by atoms with Crippen LogP contribution < -0.4 is 4.74 Å². The predicted octanol–water partition coefficient (Wildman–Crippen LogP) is 2.18. The van der Waals surface area contributed by atoms with Gasteiger partial charge in [-0.2, -0.15) is 0 Å². The van der Waals surface area contributed by atoms with E-state index in [0.29, 0.717) is 18.8 Å². The summed E-state index contributed by atoms with van der Waals surface area (Å²) in [6.45, 7) is 0.507. The van der Waals surface area contributed by atoms with Crippen LogP contribution in [0.25, 0.3) is 0 Å². The lowest BCUT2D eigenvalue weighted by Gasteiger charge is -2.05. The quantitative estimate of drug-likeness (QED) is 0.590. The van der Waals surface area contributed by atoms with Crippen molar-refractivity contribution in [3.8, 4) is 18.1 Å². The second-order valence-corrected chi connectivity index (χ2v) is 2.99. The number of unbranched alkanes of at least 4 members (excludes halogenated alkanes) is 1. The van der Waals surface area contributed by atoms with E-state index in [1.165, 1.54) is 12.1 Å². The van der Waals surface area contributed by atoms with Crippen molar-refractivity contribution in [1.82, 2.24) is 0 Å². The van der Waals surface area contributed by atoms with Crippen LogP contribution in [-0.4, -0.2) is 17.7 Å². The first-order valence-electron chi connectivity index (χ1n) is 4.63. The maximum atomic E-state index is 10.6. The minimum atomic E-state index is -0.955. The molecule has 0 saturated carbocycles. The fraction of sp³-hybridized carbons (Fsp3) is 0.250. The number of benzene rings is 1. The molecule has 0 aliphatic carbocycles. The lowest BCUT2D eigenvalue weighted by molar-refractivity contribution is 0.0696. The van der Waals surface area contributed by atoms with Gasteiger partial charge in [-0.05, 0) is 24.6 Å². The van der Waals surface area contributed by atoms with E-state index in [-0.39, 0.29) is 5.56 Å². The van der Waals surface area contributed by atoms with Gasteiger partial charge in [0.05, 0.1) is 12.2 Å². The molecule has 0 saturated heterocycles. The van der Waals surface area contributed by atoms with Crippen molar-refractivity contribution in [3.05, 3.63) is 29.8 Å². The molecule has 1 aromatic carbocycles. The Morgan fingerprint density at radius 3 is 3.00 bits per heavy atom. The second-order valence-electron chi connectivity index (χ2n) is 2.99. The van der Waals surface area contributed by atoms with Gasteiger partial charge in [0.1, 0.15) is 5.75 Å². The van der Waals surface area contributed by atoms with Gasteiger partial charge in [0.25, 0.3) is 0 Å². The summed E-state index contributed by atoms with van der Waals surface area (Å²) in [5, 5.41) is 8.74. The number of hydrogen-bond donors (Lipinski definition) is 1. The number of carboxylic acids is 1. The molecule has 0 atom stereocenters. The van der Waals surface area contributed by atoms with Gasteiger partial charge in [0.15, 0.2) is 0 Å². The normalized spacial score (nSPS) is 9.27. The van der Waals surface area contributed by atoms with Gasteiger partial charge in [-0.25, -0.2) is 4.79 Å². The van der Waals surface area contributed by atoms with Crippen LogP contribution in [0.2, 0.25) is 0 Å². The zero-order valence-corrected chi connectivity index (χ0v) is 8.27. The molecule has 78 valence electrons. The molecule has 0 spiro atoms. The number of terminal acetylenes is 1. The van der Waals surface area contributed by atoms with Gasteiger partial charge in [0.2, 0.25) is 0 Å². The number of carboxylic acid groups (broad SMARTS) is 1. The fourth-order valence-electron chi connectivity index (χ4n) is 1.08. The van der Waals surface area contributed by atoms with Crippen molar-refractivity contribution in [2.45, 2.75) is 12.8 Å². The predicted molar refractivity (Wildman–Crippen MR) is 57.0 cm³/mol. The van der Waals surface area contributed by atoms with Gasteiger partial charge in [-0.3, -0.25) is 0 Å². The summed E-state index contributed by atoms with van der Waals surface area (Å²) in [5.41, 5.74) is 0.226. The molecule has 0 radical (unpaired) electrons. The second kappa shape index (κ2) is 5.71. The van der Waals surface area contributed by atoms with E-state index in [0.717, 1.165) is 6.42 Å². The zero-order valence-electron chi connectivity index (χ0n) is 8.27. The van der Waals surface area contributed by atoms with E-state index in [1.54, 1.807) is 12.1 Å². The molecule has 0 aromatic heterocycles. The largest absolute Gasteiger partial charge is 0.494 e. The molecule has 0 amide bonds. The lowest BCUT2D eigenvalue weighted by atomic mass is 10.2. The third-order valence-electron chi connectivity index (χ3n) is 1.82. The van der Waals surface area contributed by atoms with Crippen LogP contribution in [0, 0.1) is 12.3 Å². The Morgan fingerprint density at radius 1 is 1.53 bits per heavy atom. The number of ether oxygens (including phenoxy) is 1. The summed E-state index contributed by atoms with van der Waals surface area (Å²) in [4.78, 5) is 10.6. The van der Waals surface area contributed by atoms with Crippen molar-refractivity contribution in [1.29, 1.82) is 0 Å². The van der Waals surface area contributed by atoms with Crippen molar-refractivity contribution >= 4 is 5.97 Å².